The standard InChI is InChI=1S/C14H24N2O2/c17-11-9-12(15-10-11)13(18)16-7-5-14(6-8-16)3-1-2-4-14/h11-12,15,17H,1-10H2. The average Bonchev–Trinajstić information content (AvgIpc) is 3.00. The molecule has 4 nitrogen and oxygen atoms in total. The zero-order valence-corrected chi connectivity index (χ0v) is 11.0. The van der Waals surface area contributed by atoms with Gasteiger partial charge in [-0.25, -0.2) is 0 Å². The van der Waals surface area contributed by atoms with Crippen molar-refractivity contribution in [2.45, 2.75) is 57.1 Å². The van der Waals surface area contributed by atoms with Crippen LogP contribution in [0.25, 0.3) is 0 Å². The number of carbonyl (C=O) groups is 1. The highest BCUT2D eigenvalue weighted by molar-refractivity contribution is 5.82. The van der Waals surface area contributed by atoms with Crippen LogP contribution in [0.15, 0.2) is 0 Å². The second kappa shape index (κ2) is 4.82. The molecule has 2 heterocycles. The van der Waals surface area contributed by atoms with Crippen molar-refractivity contribution in [2.24, 2.45) is 5.41 Å². The van der Waals surface area contributed by atoms with Crippen molar-refractivity contribution in [1.29, 1.82) is 0 Å². The van der Waals surface area contributed by atoms with Gasteiger partial charge in [0.25, 0.3) is 0 Å². The summed E-state index contributed by atoms with van der Waals surface area (Å²) in [6, 6.07) is -0.141. The van der Waals surface area contributed by atoms with Crippen LogP contribution in [0.4, 0.5) is 0 Å². The van der Waals surface area contributed by atoms with Crippen LogP contribution in [0.2, 0.25) is 0 Å². The SMILES string of the molecule is O=C(C1CC(O)CN1)N1CCC2(CCCC2)CC1. The van der Waals surface area contributed by atoms with E-state index < -0.39 is 0 Å². The van der Waals surface area contributed by atoms with Crippen LogP contribution in [0.5, 0.6) is 0 Å². The van der Waals surface area contributed by atoms with Gasteiger partial charge in [0, 0.05) is 19.6 Å². The van der Waals surface area contributed by atoms with Gasteiger partial charge in [0.2, 0.25) is 5.91 Å². The van der Waals surface area contributed by atoms with Gasteiger partial charge in [-0.2, -0.15) is 0 Å². The number of carbonyl (C=O) groups excluding carboxylic acids is 1. The molecule has 3 fully saturated rings. The molecule has 2 atom stereocenters. The molecule has 102 valence electrons. The molecule has 0 aromatic carbocycles. The highest BCUT2D eigenvalue weighted by atomic mass is 16.3. The third-order valence-electron chi connectivity index (χ3n) is 5.21. The third kappa shape index (κ3) is 2.28. The largest absolute Gasteiger partial charge is 0.392 e. The molecule has 2 N–H and O–H groups in total. The Balaban J connectivity index is 1.54. The second-order valence-electron chi connectivity index (χ2n) is 6.38. The zero-order chi connectivity index (χ0) is 12.6. The first-order valence-electron chi connectivity index (χ1n) is 7.39. The number of aliphatic hydroxyl groups is 1. The number of amides is 1. The van der Waals surface area contributed by atoms with Gasteiger partial charge in [-0.3, -0.25) is 4.79 Å². The van der Waals surface area contributed by atoms with Crippen LogP contribution in [0.1, 0.15) is 44.9 Å². The number of nitrogens with zero attached hydrogens (tertiary/aromatic N) is 1. The van der Waals surface area contributed by atoms with E-state index in [4.69, 9.17) is 0 Å². The Morgan fingerprint density at radius 1 is 1.17 bits per heavy atom. The summed E-state index contributed by atoms with van der Waals surface area (Å²) in [5.41, 5.74) is 0.569. The van der Waals surface area contributed by atoms with Crippen molar-refractivity contribution < 1.29 is 9.90 Å². The summed E-state index contributed by atoms with van der Waals surface area (Å²) in [7, 11) is 0. The summed E-state index contributed by atoms with van der Waals surface area (Å²) in [4.78, 5) is 14.3. The van der Waals surface area contributed by atoms with Crippen LogP contribution in [0, 0.1) is 5.41 Å². The van der Waals surface area contributed by atoms with Crippen LogP contribution < -0.4 is 5.32 Å². The minimum Gasteiger partial charge on any atom is -0.392 e. The van der Waals surface area contributed by atoms with Crippen LogP contribution in [0.3, 0.4) is 0 Å². The summed E-state index contributed by atoms with van der Waals surface area (Å²) in [6.45, 7) is 2.41. The molecule has 1 saturated carbocycles. The molecule has 3 rings (SSSR count). The first-order chi connectivity index (χ1) is 8.69. The lowest BCUT2D eigenvalue weighted by molar-refractivity contribution is -0.135. The van der Waals surface area contributed by atoms with E-state index in [9.17, 15) is 9.90 Å². The minimum atomic E-state index is -0.343. The average molecular weight is 252 g/mol. The summed E-state index contributed by atoms with van der Waals surface area (Å²) in [5, 5.41) is 12.6. The minimum absolute atomic E-state index is 0.141. The number of hydrogen-bond acceptors (Lipinski definition) is 3. The van der Waals surface area contributed by atoms with E-state index in [-0.39, 0.29) is 18.1 Å². The highest BCUT2D eigenvalue weighted by Crippen LogP contribution is 2.46. The maximum atomic E-state index is 12.3. The van der Waals surface area contributed by atoms with Gasteiger partial charge in [0.1, 0.15) is 0 Å². The molecule has 0 bridgehead atoms. The van der Waals surface area contributed by atoms with Gasteiger partial charge in [0.05, 0.1) is 12.1 Å². The summed E-state index contributed by atoms with van der Waals surface area (Å²) in [6.07, 6.45) is 8.12. The smallest absolute Gasteiger partial charge is 0.239 e. The first kappa shape index (κ1) is 12.4. The number of piperidine rings is 1. The van der Waals surface area contributed by atoms with E-state index in [1.54, 1.807) is 0 Å². The molecule has 0 aromatic heterocycles. The second-order valence-corrected chi connectivity index (χ2v) is 6.38. The van der Waals surface area contributed by atoms with Crippen molar-refractivity contribution in [3.05, 3.63) is 0 Å². The monoisotopic (exact) mass is 252 g/mol. The van der Waals surface area contributed by atoms with Gasteiger partial charge >= 0.3 is 0 Å². The van der Waals surface area contributed by atoms with Gasteiger partial charge < -0.3 is 15.3 Å². The van der Waals surface area contributed by atoms with Crippen molar-refractivity contribution in [3.8, 4) is 0 Å². The van der Waals surface area contributed by atoms with E-state index in [0.717, 1.165) is 13.1 Å². The molecule has 1 spiro atoms. The maximum Gasteiger partial charge on any atom is 0.239 e. The topological polar surface area (TPSA) is 52.6 Å². The molecular weight excluding hydrogens is 228 g/mol. The molecule has 1 aliphatic carbocycles. The van der Waals surface area contributed by atoms with E-state index in [1.165, 1.54) is 38.5 Å². The predicted octanol–water partition coefficient (Wildman–Crippen LogP) is 0.892. The summed E-state index contributed by atoms with van der Waals surface area (Å²) in [5.74, 6) is 0.208. The number of β-amino-alcohol motifs (C(OH)–C–C–N with tert-alkyl or cyclic N) is 1. The Labute approximate surface area is 109 Å². The Morgan fingerprint density at radius 3 is 2.39 bits per heavy atom. The summed E-state index contributed by atoms with van der Waals surface area (Å²) < 4.78 is 0. The summed E-state index contributed by atoms with van der Waals surface area (Å²) >= 11 is 0. The Kier molecular flexibility index (Phi) is 3.32. The van der Waals surface area contributed by atoms with Crippen molar-refractivity contribution in [3.63, 3.8) is 0 Å². The lowest BCUT2D eigenvalue weighted by atomic mass is 9.77. The third-order valence-corrected chi connectivity index (χ3v) is 5.21. The van der Waals surface area contributed by atoms with Crippen LogP contribution in [-0.2, 0) is 4.79 Å². The highest BCUT2D eigenvalue weighted by Gasteiger charge is 2.39. The van der Waals surface area contributed by atoms with Gasteiger partial charge in [0.15, 0.2) is 0 Å². The van der Waals surface area contributed by atoms with E-state index >= 15 is 0 Å². The number of nitrogens with one attached hydrogen (secondary N) is 1. The quantitative estimate of drug-likeness (QED) is 0.729. The molecule has 18 heavy (non-hydrogen) atoms. The van der Waals surface area contributed by atoms with Gasteiger partial charge in [-0.1, -0.05) is 12.8 Å². The molecule has 2 saturated heterocycles. The van der Waals surface area contributed by atoms with E-state index in [0.29, 0.717) is 18.4 Å². The van der Waals surface area contributed by atoms with Crippen LogP contribution >= 0.6 is 0 Å². The van der Waals surface area contributed by atoms with Crippen molar-refractivity contribution in [1.82, 2.24) is 10.2 Å². The predicted molar refractivity (Wildman–Crippen MR) is 69.1 cm³/mol. The fraction of sp³-hybridized carbons (Fsp3) is 0.929. The molecule has 0 radical (unpaired) electrons. The van der Waals surface area contributed by atoms with Gasteiger partial charge in [-0.15, -0.1) is 0 Å². The molecule has 2 unspecified atom stereocenters. The fourth-order valence-corrected chi connectivity index (χ4v) is 3.95. The molecule has 2 aliphatic heterocycles. The van der Waals surface area contributed by atoms with Crippen molar-refractivity contribution in [2.75, 3.05) is 19.6 Å². The van der Waals surface area contributed by atoms with E-state index in [2.05, 4.69) is 5.32 Å². The molecule has 3 aliphatic rings. The number of likely N-dealkylation sites (tertiary alicyclic amines) is 1. The van der Waals surface area contributed by atoms with Gasteiger partial charge in [-0.05, 0) is 37.5 Å². The van der Waals surface area contributed by atoms with E-state index in [1.807, 2.05) is 4.90 Å². The number of hydrogen-bond donors (Lipinski definition) is 2. The van der Waals surface area contributed by atoms with Crippen molar-refractivity contribution >= 4 is 5.91 Å². The first-order valence-corrected chi connectivity index (χ1v) is 7.39. The normalized spacial score (nSPS) is 35.3. The Bertz CT molecular complexity index is 316. The molecule has 4 heteroatoms. The molecular formula is C14H24N2O2. The lowest BCUT2D eigenvalue weighted by Gasteiger charge is -2.40. The van der Waals surface area contributed by atoms with Crippen LogP contribution in [-0.4, -0.2) is 47.7 Å². The maximum absolute atomic E-state index is 12.3. The molecule has 1 amide bonds. The number of rotatable bonds is 1. The lowest BCUT2D eigenvalue weighted by Crippen LogP contribution is -2.48. The Hall–Kier alpha value is -0.610. The molecule has 0 aromatic rings. The Morgan fingerprint density at radius 2 is 1.83 bits per heavy atom. The zero-order valence-electron chi connectivity index (χ0n) is 11.0. The number of aliphatic hydroxyl groups excluding tert-OH is 1. The fourth-order valence-electron chi connectivity index (χ4n) is 3.95.